The van der Waals surface area contributed by atoms with Gasteiger partial charge in [0.25, 0.3) is 0 Å². The minimum absolute atomic E-state index is 0.00488. The minimum atomic E-state index is -0.910. The zero-order chi connectivity index (χ0) is 21.0. The fourth-order valence-corrected chi connectivity index (χ4v) is 3.49. The third kappa shape index (κ3) is 4.49. The van der Waals surface area contributed by atoms with E-state index in [0.717, 1.165) is 24.0 Å². The number of rotatable bonds is 8. The molecule has 0 aliphatic rings. The molecule has 2 aromatic carbocycles. The molecule has 3 N–H and O–H groups in total. The molecule has 0 saturated carbocycles. The molecule has 3 rings (SSSR count). The molecular weight excluding hydrogens is 370 g/mol. The van der Waals surface area contributed by atoms with E-state index in [1.54, 1.807) is 13.0 Å². The lowest BCUT2D eigenvalue weighted by Gasteiger charge is -2.18. The second-order valence-corrected chi connectivity index (χ2v) is 7.15. The van der Waals surface area contributed by atoms with Gasteiger partial charge in [0, 0.05) is 23.7 Å². The highest BCUT2D eigenvalue weighted by molar-refractivity contribution is 5.98. The summed E-state index contributed by atoms with van der Waals surface area (Å²) in [6.45, 7) is 4.01. The van der Waals surface area contributed by atoms with Gasteiger partial charge >= 0.3 is 11.6 Å². The first kappa shape index (κ1) is 20.6. The van der Waals surface area contributed by atoms with Crippen molar-refractivity contribution in [2.45, 2.75) is 45.7 Å². The van der Waals surface area contributed by atoms with Crippen molar-refractivity contribution >= 4 is 16.9 Å². The smallest absolute Gasteiger partial charge is 0.336 e. The standard InChI is InChI=1S/C23H25NO5/c1-3-4-10-18(23(27)28)24-13-17-14(2)11-19-21(22(17)26)16(12-20(25)29-19)15-8-6-5-7-9-15/h5-9,11-12,18,24,26H,3-4,10,13H2,1-2H3,(H,27,28)/t18-/m1/s1. The monoisotopic (exact) mass is 395 g/mol. The molecular formula is C23H25NO5. The number of phenolic OH excluding ortho intramolecular Hbond substituents is 1. The Hall–Kier alpha value is -3.12. The molecule has 0 unspecified atom stereocenters. The average Bonchev–Trinajstić information content (AvgIpc) is 2.69. The van der Waals surface area contributed by atoms with E-state index in [-0.39, 0.29) is 12.3 Å². The highest BCUT2D eigenvalue weighted by Crippen LogP contribution is 2.37. The summed E-state index contributed by atoms with van der Waals surface area (Å²) < 4.78 is 5.33. The Bertz CT molecular complexity index is 1070. The van der Waals surface area contributed by atoms with Crippen LogP contribution in [0, 0.1) is 6.92 Å². The Morgan fingerprint density at radius 2 is 1.93 bits per heavy atom. The Balaban J connectivity index is 2.06. The molecule has 1 heterocycles. The SMILES string of the molecule is CCCC[C@@H](NCc1c(C)cc2oc(=O)cc(-c3ccccc3)c2c1O)C(=O)O. The zero-order valence-corrected chi connectivity index (χ0v) is 16.6. The Labute approximate surface area is 168 Å². The normalized spacial score (nSPS) is 12.2. The van der Waals surface area contributed by atoms with Gasteiger partial charge in [-0.05, 0) is 30.5 Å². The van der Waals surface area contributed by atoms with Crippen molar-refractivity contribution in [2.24, 2.45) is 0 Å². The van der Waals surface area contributed by atoms with E-state index in [0.29, 0.717) is 28.5 Å². The highest BCUT2D eigenvalue weighted by atomic mass is 16.4. The van der Waals surface area contributed by atoms with Gasteiger partial charge < -0.3 is 19.9 Å². The van der Waals surface area contributed by atoms with Gasteiger partial charge in [-0.25, -0.2) is 4.79 Å². The fraction of sp³-hybridized carbons (Fsp3) is 0.304. The number of nitrogens with one attached hydrogen (secondary N) is 1. The summed E-state index contributed by atoms with van der Waals surface area (Å²) in [4.78, 5) is 23.6. The number of aryl methyl sites for hydroxylation is 1. The number of carbonyl (C=O) groups is 1. The van der Waals surface area contributed by atoms with Crippen molar-refractivity contribution in [1.82, 2.24) is 5.32 Å². The molecule has 6 heteroatoms. The summed E-state index contributed by atoms with van der Waals surface area (Å²) in [5.74, 6) is -0.915. The number of benzene rings is 2. The highest BCUT2D eigenvalue weighted by Gasteiger charge is 2.20. The van der Waals surface area contributed by atoms with Gasteiger partial charge in [0.15, 0.2) is 0 Å². The van der Waals surface area contributed by atoms with Gasteiger partial charge in [0.05, 0.1) is 5.39 Å². The van der Waals surface area contributed by atoms with Crippen LogP contribution in [0.1, 0.15) is 37.3 Å². The number of hydrogen-bond acceptors (Lipinski definition) is 5. The Kier molecular flexibility index (Phi) is 6.34. The summed E-state index contributed by atoms with van der Waals surface area (Å²) >= 11 is 0. The molecule has 0 radical (unpaired) electrons. The van der Waals surface area contributed by atoms with Crippen LogP contribution in [-0.4, -0.2) is 22.2 Å². The summed E-state index contributed by atoms with van der Waals surface area (Å²) in [7, 11) is 0. The summed E-state index contributed by atoms with van der Waals surface area (Å²) in [6, 6.07) is 11.7. The minimum Gasteiger partial charge on any atom is -0.507 e. The van der Waals surface area contributed by atoms with Crippen molar-refractivity contribution in [2.75, 3.05) is 0 Å². The zero-order valence-electron chi connectivity index (χ0n) is 16.6. The number of fused-ring (bicyclic) bond motifs is 1. The third-order valence-corrected chi connectivity index (χ3v) is 5.09. The molecule has 29 heavy (non-hydrogen) atoms. The van der Waals surface area contributed by atoms with E-state index in [2.05, 4.69) is 5.32 Å². The topological polar surface area (TPSA) is 99.8 Å². The number of phenols is 1. The first-order valence-corrected chi connectivity index (χ1v) is 9.73. The Morgan fingerprint density at radius 3 is 2.59 bits per heavy atom. The summed E-state index contributed by atoms with van der Waals surface area (Å²) in [5, 5.41) is 24.0. The second-order valence-electron chi connectivity index (χ2n) is 7.15. The maximum atomic E-state index is 12.0. The largest absolute Gasteiger partial charge is 0.507 e. The predicted octanol–water partition coefficient (Wildman–Crippen LogP) is 4.21. The van der Waals surface area contributed by atoms with E-state index in [4.69, 9.17) is 4.42 Å². The van der Waals surface area contributed by atoms with E-state index in [9.17, 15) is 19.8 Å². The van der Waals surface area contributed by atoms with Crippen LogP contribution in [0.4, 0.5) is 0 Å². The van der Waals surface area contributed by atoms with Crippen molar-refractivity contribution in [3.63, 3.8) is 0 Å². The van der Waals surface area contributed by atoms with Crippen molar-refractivity contribution in [1.29, 1.82) is 0 Å². The number of hydrogen-bond donors (Lipinski definition) is 3. The Morgan fingerprint density at radius 1 is 1.21 bits per heavy atom. The lowest BCUT2D eigenvalue weighted by Crippen LogP contribution is -2.36. The van der Waals surface area contributed by atoms with Gasteiger partial charge in [-0.3, -0.25) is 4.79 Å². The number of unbranched alkanes of at least 4 members (excludes halogenated alkanes) is 1. The quantitative estimate of drug-likeness (QED) is 0.494. The van der Waals surface area contributed by atoms with Crippen molar-refractivity contribution < 1.29 is 19.4 Å². The van der Waals surface area contributed by atoms with Crippen LogP contribution < -0.4 is 10.9 Å². The molecule has 0 aliphatic carbocycles. The van der Waals surface area contributed by atoms with Gasteiger partial charge in [-0.2, -0.15) is 0 Å². The predicted molar refractivity (Wildman–Crippen MR) is 112 cm³/mol. The first-order chi connectivity index (χ1) is 13.9. The van der Waals surface area contributed by atoms with Gasteiger partial charge in [0.2, 0.25) is 0 Å². The number of aromatic hydroxyl groups is 1. The van der Waals surface area contributed by atoms with Crippen LogP contribution in [0.15, 0.2) is 51.7 Å². The lowest BCUT2D eigenvalue weighted by atomic mass is 9.96. The van der Waals surface area contributed by atoms with Crippen LogP contribution in [0.3, 0.4) is 0 Å². The summed E-state index contributed by atoms with van der Waals surface area (Å²) in [5.41, 5.74) is 2.48. The first-order valence-electron chi connectivity index (χ1n) is 9.73. The van der Waals surface area contributed by atoms with E-state index >= 15 is 0 Å². The van der Waals surface area contributed by atoms with Crippen LogP contribution in [0.5, 0.6) is 5.75 Å². The summed E-state index contributed by atoms with van der Waals surface area (Å²) in [6.07, 6.45) is 2.23. The molecule has 3 aromatic rings. The maximum absolute atomic E-state index is 12.0. The van der Waals surface area contributed by atoms with Gasteiger partial charge in [-0.1, -0.05) is 50.1 Å². The molecule has 152 valence electrons. The fourth-order valence-electron chi connectivity index (χ4n) is 3.49. The lowest BCUT2D eigenvalue weighted by molar-refractivity contribution is -0.139. The molecule has 0 amide bonds. The van der Waals surface area contributed by atoms with E-state index in [1.165, 1.54) is 6.07 Å². The van der Waals surface area contributed by atoms with Crippen LogP contribution in [0.25, 0.3) is 22.1 Å². The molecule has 6 nitrogen and oxygen atoms in total. The van der Waals surface area contributed by atoms with Crippen LogP contribution >= 0.6 is 0 Å². The molecule has 1 atom stereocenters. The molecule has 0 spiro atoms. The number of aliphatic carboxylic acids is 1. The van der Waals surface area contributed by atoms with Crippen LogP contribution in [0.2, 0.25) is 0 Å². The van der Waals surface area contributed by atoms with E-state index < -0.39 is 17.6 Å². The number of carboxylic acids is 1. The third-order valence-electron chi connectivity index (χ3n) is 5.09. The van der Waals surface area contributed by atoms with Gasteiger partial charge in [-0.15, -0.1) is 0 Å². The van der Waals surface area contributed by atoms with Crippen molar-refractivity contribution in [3.8, 4) is 16.9 Å². The molecule has 0 fully saturated rings. The molecule has 1 aromatic heterocycles. The second kappa shape index (κ2) is 8.92. The van der Waals surface area contributed by atoms with Crippen molar-refractivity contribution in [3.05, 3.63) is 64.0 Å². The van der Waals surface area contributed by atoms with Gasteiger partial charge in [0.1, 0.15) is 17.4 Å². The molecule has 0 saturated heterocycles. The molecule has 0 bridgehead atoms. The van der Waals surface area contributed by atoms with E-state index in [1.807, 2.05) is 37.3 Å². The average molecular weight is 395 g/mol. The maximum Gasteiger partial charge on any atom is 0.336 e. The van der Waals surface area contributed by atoms with Crippen LogP contribution in [-0.2, 0) is 11.3 Å². The molecule has 0 aliphatic heterocycles. The number of carboxylic acid groups (broad SMARTS) is 1.